The highest BCUT2D eigenvalue weighted by Gasteiger charge is 2.38. The van der Waals surface area contributed by atoms with E-state index in [-0.39, 0.29) is 19.2 Å². The number of anilines is 1. The normalized spacial score (nSPS) is 14.9. The Labute approximate surface area is 216 Å². The molecule has 0 saturated carbocycles. The number of alkyl halides is 6. The van der Waals surface area contributed by atoms with E-state index >= 15 is 0 Å². The van der Waals surface area contributed by atoms with Gasteiger partial charge in [-0.15, -0.1) is 0 Å². The Hall–Kier alpha value is -3.63. The highest BCUT2D eigenvalue weighted by atomic mass is 19.4. The van der Waals surface area contributed by atoms with Crippen molar-refractivity contribution in [2.45, 2.75) is 39.0 Å². The van der Waals surface area contributed by atoms with E-state index in [1.54, 1.807) is 6.92 Å². The molecule has 1 saturated heterocycles. The zero-order valence-electron chi connectivity index (χ0n) is 20.8. The summed E-state index contributed by atoms with van der Waals surface area (Å²) in [6.07, 6.45) is -9.00. The first kappa shape index (κ1) is 27.4. The molecular weight excluding hydrogens is 510 g/mol. The Balaban J connectivity index is 1.59. The molecule has 0 radical (unpaired) electrons. The highest BCUT2D eigenvalue weighted by molar-refractivity contribution is 5.94. The van der Waals surface area contributed by atoms with Gasteiger partial charge in [0.1, 0.15) is 11.6 Å². The second kappa shape index (κ2) is 10.6. The number of nitrogens with zero attached hydrogens (tertiary/aromatic N) is 4. The summed E-state index contributed by atoms with van der Waals surface area (Å²) in [4.78, 5) is 25.6. The van der Waals surface area contributed by atoms with Gasteiger partial charge in [-0.25, -0.2) is 9.97 Å². The Morgan fingerprint density at radius 3 is 2.08 bits per heavy atom. The molecule has 0 bridgehead atoms. The molecule has 0 atom stereocenters. The Morgan fingerprint density at radius 2 is 1.47 bits per heavy atom. The van der Waals surface area contributed by atoms with E-state index in [2.05, 4.69) is 9.97 Å². The third kappa shape index (κ3) is 6.25. The van der Waals surface area contributed by atoms with Crippen LogP contribution in [-0.2, 0) is 18.8 Å². The number of aryl methyl sites for hydroxylation is 2. The number of rotatable bonds is 4. The fraction of sp³-hybridized carbons (Fsp3) is 0.370. The number of carbonyl (C=O) groups is 1. The van der Waals surface area contributed by atoms with Crippen molar-refractivity contribution in [3.05, 3.63) is 87.9 Å². The zero-order valence-corrected chi connectivity index (χ0v) is 20.8. The summed E-state index contributed by atoms with van der Waals surface area (Å²) in [5, 5.41) is 0. The SMILES string of the molecule is Cc1nc(C)c(Cc2ccccc2)c(N2CCCN(C(=O)c3cc(C(F)(F)F)cc(C(F)(F)F)c3)CC2)n1. The third-order valence-electron chi connectivity index (χ3n) is 6.44. The summed E-state index contributed by atoms with van der Waals surface area (Å²) in [5.41, 5.74) is -0.847. The first-order valence-electron chi connectivity index (χ1n) is 12.0. The van der Waals surface area contributed by atoms with E-state index in [4.69, 9.17) is 0 Å². The maximum atomic E-state index is 13.3. The van der Waals surface area contributed by atoms with Crippen LogP contribution in [0.3, 0.4) is 0 Å². The zero-order chi connectivity index (χ0) is 27.7. The molecule has 3 aromatic rings. The number of halogens is 6. The third-order valence-corrected chi connectivity index (χ3v) is 6.44. The Bertz CT molecular complexity index is 1280. The van der Waals surface area contributed by atoms with E-state index in [0.717, 1.165) is 16.8 Å². The van der Waals surface area contributed by atoms with Crippen LogP contribution >= 0.6 is 0 Å². The monoisotopic (exact) mass is 536 g/mol. The Kier molecular flexibility index (Phi) is 7.66. The summed E-state index contributed by atoms with van der Waals surface area (Å²) in [5.74, 6) is 0.421. The minimum absolute atomic E-state index is 0.0228. The molecule has 202 valence electrons. The van der Waals surface area contributed by atoms with E-state index in [0.29, 0.717) is 49.7 Å². The quantitative estimate of drug-likeness (QED) is 0.380. The molecular formula is C27H26F6N4O. The molecule has 0 N–H and O–H groups in total. The molecule has 4 rings (SSSR count). The molecule has 0 aliphatic carbocycles. The van der Waals surface area contributed by atoms with Crippen LogP contribution in [0.1, 0.15) is 50.6 Å². The molecule has 0 unspecified atom stereocenters. The number of benzene rings is 2. The second-order valence-electron chi connectivity index (χ2n) is 9.25. The molecule has 0 spiro atoms. The van der Waals surface area contributed by atoms with Crippen LogP contribution in [0.2, 0.25) is 0 Å². The van der Waals surface area contributed by atoms with Crippen molar-refractivity contribution in [1.29, 1.82) is 0 Å². The van der Waals surface area contributed by atoms with Gasteiger partial charge < -0.3 is 9.80 Å². The summed E-state index contributed by atoms with van der Waals surface area (Å²) < 4.78 is 79.8. The largest absolute Gasteiger partial charge is 0.416 e. The molecule has 1 aliphatic rings. The van der Waals surface area contributed by atoms with Crippen molar-refractivity contribution in [3.8, 4) is 0 Å². The molecule has 38 heavy (non-hydrogen) atoms. The van der Waals surface area contributed by atoms with Gasteiger partial charge in [0.05, 0.1) is 11.1 Å². The van der Waals surface area contributed by atoms with Gasteiger partial charge in [-0.3, -0.25) is 4.79 Å². The van der Waals surface area contributed by atoms with Crippen LogP contribution in [0.4, 0.5) is 32.2 Å². The molecule has 2 heterocycles. The first-order chi connectivity index (χ1) is 17.8. The molecule has 1 fully saturated rings. The average Bonchev–Trinajstić information content (AvgIpc) is 3.11. The van der Waals surface area contributed by atoms with Crippen LogP contribution in [0.25, 0.3) is 0 Å². The standard InChI is InChI=1S/C27H26F6N4O/c1-17-23(13-19-7-4-3-5-8-19)24(35-18(2)34-17)36-9-6-10-37(12-11-36)25(38)20-14-21(26(28,29)30)16-22(15-20)27(31,32)33/h3-5,7-8,14-16H,6,9-13H2,1-2H3. The Morgan fingerprint density at radius 1 is 0.842 bits per heavy atom. The predicted octanol–water partition coefficient (Wildman–Crippen LogP) is 6.07. The lowest BCUT2D eigenvalue weighted by Gasteiger charge is -2.26. The lowest BCUT2D eigenvalue weighted by atomic mass is 10.0. The topological polar surface area (TPSA) is 49.3 Å². The lowest BCUT2D eigenvalue weighted by molar-refractivity contribution is -0.143. The number of hydrogen-bond acceptors (Lipinski definition) is 4. The predicted molar refractivity (Wildman–Crippen MR) is 130 cm³/mol. The van der Waals surface area contributed by atoms with E-state index in [9.17, 15) is 31.1 Å². The van der Waals surface area contributed by atoms with E-state index in [1.807, 2.05) is 42.2 Å². The molecule has 5 nitrogen and oxygen atoms in total. The maximum absolute atomic E-state index is 13.3. The van der Waals surface area contributed by atoms with Crippen molar-refractivity contribution in [3.63, 3.8) is 0 Å². The van der Waals surface area contributed by atoms with Gasteiger partial charge >= 0.3 is 12.4 Å². The van der Waals surface area contributed by atoms with Gasteiger partial charge in [-0.2, -0.15) is 26.3 Å². The smallest absolute Gasteiger partial charge is 0.354 e. The molecule has 11 heteroatoms. The first-order valence-corrected chi connectivity index (χ1v) is 12.0. The summed E-state index contributed by atoms with van der Waals surface area (Å²) >= 11 is 0. The molecule has 1 aromatic heterocycles. The van der Waals surface area contributed by atoms with E-state index in [1.165, 1.54) is 4.90 Å². The van der Waals surface area contributed by atoms with Crippen LogP contribution in [0.5, 0.6) is 0 Å². The highest BCUT2D eigenvalue weighted by Crippen LogP contribution is 2.36. The van der Waals surface area contributed by atoms with Gasteiger partial charge in [0.15, 0.2) is 0 Å². The van der Waals surface area contributed by atoms with Crippen molar-refractivity contribution in [2.75, 3.05) is 31.1 Å². The number of carbonyl (C=O) groups excluding carboxylic acids is 1. The fourth-order valence-electron chi connectivity index (χ4n) is 4.58. The molecule has 2 aromatic carbocycles. The fourth-order valence-corrected chi connectivity index (χ4v) is 4.58. The van der Waals surface area contributed by atoms with Gasteiger partial charge in [-0.1, -0.05) is 30.3 Å². The van der Waals surface area contributed by atoms with Crippen LogP contribution in [0.15, 0.2) is 48.5 Å². The average molecular weight is 537 g/mol. The minimum Gasteiger partial charge on any atom is -0.354 e. The number of aromatic nitrogens is 2. The van der Waals surface area contributed by atoms with Crippen LogP contribution < -0.4 is 4.90 Å². The lowest BCUT2D eigenvalue weighted by Crippen LogP contribution is -2.36. The second-order valence-corrected chi connectivity index (χ2v) is 9.25. The summed E-state index contributed by atoms with van der Waals surface area (Å²) in [6.45, 7) is 4.80. The van der Waals surface area contributed by atoms with E-state index < -0.39 is 35.0 Å². The van der Waals surface area contributed by atoms with Gasteiger partial charge in [0.25, 0.3) is 5.91 Å². The van der Waals surface area contributed by atoms with Crippen molar-refractivity contribution in [1.82, 2.24) is 14.9 Å². The molecule has 1 amide bonds. The minimum atomic E-state index is -5.02. The summed E-state index contributed by atoms with van der Waals surface area (Å²) in [6, 6.07) is 10.8. The van der Waals surface area contributed by atoms with Crippen molar-refractivity contribution >= 4 is 11.7 Å². The summed E-state index contributed by atoms with van der Waals surface area (Å²) in [7, 11) is 0. The van der Waals surface area contributed by atoms with Gasteiger partial charge in [0.2, 0.25) is 0 Å². The number of hydrogen-bond donors (Lipinski definition) is 0. The van der Waals surface area contributed by atoms with Crippen LogP contribution in [-0.4, -0.2) is 47.0 Å². The maximum Gasteiger partial charge on any atom is 0.416 e. The van der Waals surface area contributed by atoms with Crippen molar-refractivity contribution < 1.29 is 31.1 Å². The van der Waals surface area contributed by atoms with Gasteiger partial charge in [-0.05, 0) is 44.0 Å². The van der Waals surface area contributed by atoms with Gasteiger partial charge in [0, 0.05) is 49.4 Å². The van der Waals surface area contributed by atoms with Crippen LogP contribution in [0, 0.1) is 13.8 Å². The van der Waals surface area contributed by atoms with Crippen molar-refractivity contribution in [2.24, 2.45) is 0 Å². The number of amides is 1. The molecule has 1 aliphatic heterocycles.